The zero-order chi connectivity index (χ0) is 16.5. The first-order valence-electron chi connectivity index (χ1n) is 9.12. The number of hydrogen-bond donors (Lipinski definition) is 2. The highest BCUT2D eigenvalue weighted by molar-refractivity contribution is 5.79. The highest BCUT2D eigenvalue weighted by Gasteiger charge is 2.15. The molecule has 2 heterocycles. The van der Waals surface area contributed by atoms with E-state index in [2.05, 4.69) is 44.2 Å². The van der Waals surface area contributed by atoms with Gasteiger partial charge in [-0.2, -0.15) is 0 Å². The predicted molar refractivity (Wildman–Crippen MR) is 94.5 cm³/mol. The smallest absolute Gasteiger partial charge is 0.191 e. The molecule has 1 unspecified atom stereocenters. The molecule has 1 aromatic rings. The first kappa shape index (κ1) is 17.8. The van der Waals surface area contributed by atoms with Crippen molar-refractivity contribution < 1.29 is 0 Å². The molecule has 130 valence electrons. The van der Waals surface area contributed by atoms with Crippen LogP contribution in [0.4, 0.5) is 0 Å². The minimum atomic E-state index is 0.434. The molecule has 1 aliphatic heterocycles. The number of unbranched alkanes of at least 4 members (excludes halogenated alkanes) is 2. The highest BCUT2D eigenvalue weighted by atomic mass is 15.3. The number of aliphatic imine (C=N–C) groups is 1. The van der Waals surface area contributed by atoms with Crippen LogP contribution < -0.4 is 10.6 Å². The lowest BCUT2D eigenvalue weighted by Crippen LogP contribution is -2.42. The Bertz CT molecular complexity index is 493. The van der Waals surface area contributed by atoms with Crippen molar-refractivity contribution in [2.24, 2.45) is 4.99 Å². The van der Waals surface area contributed by atoms with Gasteiger partial charge in [0.15, 0.2) is 11.8 Å². The summed E-state index contributed by atoms with van der Waals surface area (Å²) < 4.78 is 2.28. The van der Waals surface area contributed by atoms with E-state index < -0.39 is 0 Å². The van der Waals surface area contributed by atoms with E-state index in [1.807, 2.05) is 7.05 Å². The molecule has 0 aliphatic carbocycles. The number of aromatic nitrogens is 3. The maximum atomic E-state index is 4.35. The fraction of sp³-hybridized carbons (Fsp3) is 0.824. The van der Waals surface area contributed by atoms with Gasteiger partial charge in [-0.25, -0.2) is 0 Å². The molecule has 6 heteroatoms. The third-order valence-corrected chi connectivity index (χ3v) is 4.45. The number of hydrogen-bond acceptors (Lipinski definition) is 3. The molecule has 6 nitrogen and oxygen atoms in total. The summed E-state index contributed by atoms with van der Waals surface area (Å²) in [4.78, 5) is 4.32. The van der Waals surface area contributed by atoms with E-state index in [4.69, 9.17) is 0 Å². The number of guanidine groups is 1. The van der Waals surface area contributed by atoms with E-state index >= 15 is 0 Å². The van der Waals surface area contributed by atoms with Crippen LogP contribution in [0, 0.1) is 0 Å². The van der Waals surface area contributed by atoms with E-state index in [-0.39, 0.29) is 0 Å². The molecule has 0 aromatic carbocycles. The standard InChI is InChI=1S/C17H32N6/c1-4-5-7-10-14(2)20-17(18-3)19-13-16-22-21-15-11-8-6-9-12-23(15)16/h14H,4-13H2,1-3H3,(H2,18,19,20). The lowest BCUT2D eigenvalue weighted by molar-refractivity contribution is 0.543. The monoisotopic (exact) mass is 320 g/mol. The van der Waals surface area contributed by atoms with Crippen molar-refractivity contribution in [2.45, 2.75) is 84.3 Å². The van der Waals surface area contributed by atoms with Crippen molar-refractivity contribution in [3.8, 4) is 0 Å². The largest absolute Gasteiger partial charge is 0.354 e. The average Bonchev–Trinajstić information content (AvgIpc) is 2.78. The predicted octanol–water partition coefficient (Wildman–Crippen LogP) is 2.64. The summed E-state index contributed by atoms with van der Waals surface area (Å²) in [6.07, 6.45) is 9.78. The van der Waals surface area contributed by atoms with Crippen LogP contribution in [-0.4, -0.2) is 33.8 Å². The van der Waals surface area contributed by atoms with Gasteiger partial charge in [0.1, 0.15) is 5.82 Å². The number of nitrogens with one attached hydrogen (secondary N) is 2. The Morgan fingerprint density at radius 1 is 1.26 bits per heavy atom. The van der Waals surface area contributed by atoms with Gasteiger partial charge < -0.3 is 15.2 Å². The molecule has 23 heavy (non-hydrogen) atoms. The Labute approximate surface area is 140 Å². The lowest BCUT2D eigenvalue weighted by Gasteiger charge is -2.18. The van der Waals surface area contributed by atoms with Crippen molar-refractivity contribution in [3.63, 3.8) is 0 Å². The molecule has 2 N–H and O–H groups in total. The van der Waals surface area contributed by atoms with Crippen LogP contribution in [0.5, 0.6) is 0 Å². The van der Waals surface area contributed by atoms with E-state index in [0.717, 1.165) is 30.6 Å². The summed E-state index contributed by atoms with van der Waals surface area (Å²) in [6, 6.07) is 0.434. The molecule has 0 saturated carbocycles. The Morgan fingerprint density at radius 3 is 2.91 bits per heavy atom. The first-order chi connectivity index (χ1) is 11.2. The number of rotatable bonds is 7. The zero-order valence-corrected chi connectivity index (χ0v) is 14.9. The summed E-state index contributed by atoms with van der Waals surface area (Å²) in [6.45, 7) is 6.17. The van der Waals surface area contributed by atoms with Crippen LogP contribution in [-0.2, 0) is 19.5 Å². The lowest BCUT2D eigenvalue weighted by atomic mass is 10.1. The first-order valence-corrected chi connectivity index (χ1v) is 9.12. The van der Waals surface area contributed by atoms with Crippen LogP contribution in [0.3, 0.4) is 0 Å². The zero-order valence-electron chi connectivity index (χ0n) is 14.9. The van der Waals surface area contributed by atoms with Gasteiger partial charge in [-0.1, -0.05) is 32.6 Å². The topological polar surface area (TPSA) is 67.1 Å². The fourth-order valence-corrected chi connectivity index (χ4v) is 3.04. The Kier molecular flexibility index (Phi) is 7.36. The van der Waals surface area contributed by atoms with Crippen LogP contribution in [0.15, 0.2) is 4.99 Å². The number of nitrogens with zero attached hydrogens (tertiary/aromatic N) is 4. The molecule has 2 rings (SSSR count). The van der Waals surface area contributed by atoms with Gasteiger partial charge in [0.2, 0.25) is 0 Å². The molecular formula is C17H32N6. The summed E-state index contributed by atoms with van der Waals surface area (Å²) in [5.74, 6) is 3.00. The van der Waals surface area contributed by atoms with Crippen LogP contribution >= 0.6 is 0 Å². The van der Waals surface area contributed by atoms with Crippen LogP contribution in [0.1, 0.15) is 70.4 Å². The molecule has 0 bridgehead atoms. The third-order valence-electron chi connectivity index (χ3n) is 4.45. The quantitative estimate of drug-likeness (QED) is 0.460. The third kappa shape index (κ3) is 5.52. The Morgan fingerprint density at radius 2 is 2.13 bits per heavy atom. The van der Waals surface area contributed by atoms with E-state index in [9.17, 15) is 0 Å². The molecule has 1 aromatic heterocycles. The van der Waals surface area contributed by atoms with Crippen molar-refractivity contribution in [2.75, 3.05) is 7.05 Å². The van der Waals surface area contributed by atoms with Crippen molar-refractivity contribution in [1.29, 1.82) is 0 Å². The molecule has 1 aliphatic rings. The number of fused-ring (bicyclic) bond motifs is 1. The molecule has 0 amide bonds. The van der Waals surface area contributed by atoms with Gasteiger partial charge in [0.05, 0.1) is 6.54 Å². The van der Waals surface area contributed by atoms with Gasteiger partial charge >= 0.3 is 0 Å². The molecule has 0 saturated heterocycles. The maximum Gasteiger partial charge on any atom is 0.191 e. The highest BCUT2D eigenvalue weighted by Crippen LogP contribution is 2.14. The molecular weight excluding hydrogens is 288 g/mol. The Balaban J connectivity index is 1.83. The number of aryl methyl sites for hydroxylation is 1. The minimum absolute atomic E-state index is 0.434. The molecule has 0 fully saturated rings. The van der Waals surface area contributed by atoms with E-state index in [1.54, 1.807) is 0 Å². The summed E-state index contributed by atoms with van der Waals surface area (Å²) in [5.41, 5.74) is 0. The van der Waals surface area contributed by atoms with Crippen LogP contribution in [0.25, 0.3) is 0 Å². The molecule has 0 radical (unpaired) electrons. The van der Waals surface area contributed by atoms with Crippen LogP contribution in [0.2, 0.25) is 0 Å². The second-order valence-electron chi connectivity index (χ2n) is 6.46. The average molecular weight is 320 g/mol. The second-order valence-corrected chi connectivity index (χ2v) is 6.46. The summed E-state index contributed by atoms with van der Waals surface area (Å²) >= 11 is 0. The molecule has 1 atom stereocenters. The van der Waals surface area contributed by atoms with Gasteiger partial charge in [0, 0.05) is 26.1 Å². The van der Waals surface area contributed by atoms with E-state index in [1.165, 1.54) is 44.9 Å². The van der Waals surface area contributed by atoms with Gasteiger partial charge in [-0.15, -0.1) is 10.2 Å². The fourth-order valence-electron chi connectivity index (χ4n) is 3.04. The normalized spacial score (nSPS) is 16.6. The van der Waals surface area contributed by atoms with Crippen molar-refractivity contribution in [3.05, 3.63) is 11.6 Å². The van der Waals surface area contributed by atoms with Crippen molar-refractivity contribution in [1.82, 2.24) is 25.4 Å². The summed E-state index contributed by atoms with van der Waals surface area (Å²) in [7, 11) is 1.82. The molecule has 0 spiro atoms. The van der Waals surface area contributed by atoms with Crippen molar-refractivity contribution >= 4 is 5.96 Å². The van der Waals surface area contributed by atoms with Gasteiger partial charge in [-0.3, -0.25) is 4.99 Å². The van der Waals surface area contributed by atoms with Gasteiger partial charge in [-0.05, 0) is 26.2 Å². The van der Waals surface area contributed by atoms with Gasteiger partial charge in [0.25, 0.3) is 0 Å². The minimum Gasteiger partial charge on any atom is -0.354 e. The second kappa shape index (κ2) is 9.53. The SMILES string of the molecule is CCCCCC(C)NC(=NC)NCc1nnc2n1CCCCC2. The summed E-state index contributed by atoms with van der Waals surface area (Å²) in [5, 5.41) is 15.5. The van der Waals surface area contributed by atoms with E-state index in [0.29, 0.717) is 12.6 Å². The maximum absolute atomic E-state index is 4.35. The Hall–Kier alpha value is -1.59.